The van der Waals surface area contributed by atoms with Gasteiger partial charge in [0.1, 0.15) is 11.5 Å². The second-order valence-corrected chi connectivity index (χ2v) is 3.48. The summed E-state index contributed by atoms with van der Waals surface area (Å²) in [6.45, 7) is 3.06. The van der Waals surface area contributed by atoms with Gasteiger partial charge < -0.3 is 14.9 Å². The number of carbonyl (C=O) groups excluding carboxylic acids is 1. The molecule has 1 heterocycles. The highest BCUT2D eigenvalue weighted by atomic mass is 16.4. The van der Waals surface area contributed by atoms with Crippen LogP contribution in [0.25, 0.3) is 10.9 Å². The Bertz CT molecular complexity index is 477. The van der Waals surface area contributed by atoms with Crippen molar-refractivity contribution in [3.63, 3.8) is 0 Å². The first-order chi connectivity index (χ1) is 7.50. The zero-order chi connectivity index (χ0) is 12.1. The molecule has 0 aliphatic carbocycles. The Labute approximate surface area is 92.9 Å². The van der Waals surface area contributed by atoms with Crippen LogP contribution in [0.3, 0.4) is 0 Å². The number of carboxylic acids is 1. The molecule has 0 spiro atoms. The third kappa shape index (κ3) is 3.24. The monoisotopic (exact) mass is 219 g/mol. The number of Topliss-reactive ketones (excluding diaryl/α,β-unsaturated/α-hetero) is 1. The van der Waals surface area contributed by atoms with Crippen molar-refractivity contribution in [3.05, 3.63) is 36.0 Å². The normalized spacial score (nSPS) is 9.38. The van der Waals surface area contributed by atoms with Gasteiger partial charge in [0.15, 0.2) is 0 Å². The number of H-pyrrole nitrogens is 1. The Kier molecular flexibility index (Phi) is 3.83. The Morgan fingerprint density at radius 1 is 1.19 bits per heavy atom. The Morgan fingerprint density at radius 2 is 1.75 bits per heavy atom. The van der Waals surface area contributed by atoms with Gasteiger partial charge in [0.25, 0.3) is 0 Å². The van der Waals surface area contributed by atoms with Crippen molar-refractivity contribution >= 4 is 22.7 Å². The van der Waals surface area contributed by atoms with E-state index in [0.717, 1.165) is 10.9 Å². The van der Waals surface area contributed by atoms with Gasteiger partial charge in [-0.05, 0) is 26.0 Å². The zero-order valence-corrected chi connectivity index (χ0v) is 9.15. The van der Waals surface area contributed by atoms with Gasteiger partial charge in [0.05, 0.1) is 0 Å². The van der Waals surface area contributed by atoms with E-state index in [-0.39, 0.29) is 11.5 Å². The van der Waals surface area contributed by atoms with Crippen molar-refractivity contribution in [3.8, 4) is 0 Å². The molecule has 0 saturated carbocycles. The Morgan fingerprint density at radius 3 is 2.25 bits per heavy atom. The Balaban J connectivity index is 0.000000280. The zero-order valence-electron chi connectivity index (χ0n) is 9.15. The van der Waals surface area contributed by atoms with Crippen molar-refractivity contribution in [2.24, 2.45) is 0 Å². The molecule has 16 heavy (non-hydrogen) atoms. The predicted molar refractivity (Wildman–Crippen MR) is 61.6 cm³/mol. The second kappa shape index (κ2) is 5.11. The van der Waals surface area contributed by atoms with E-state index in [9.17, 15) is 9.59 Å². The van der Waals surface area contributed by atoms with E-state index in [0.29, 0.717) is 0 Å². The van der Waals surface area contributed by atoms with Crippen LogP contribution in [0.4, 0.5) is 0 Å². The largest absolute Gasteiger partial charge is 0.477 e. The molecule has 4 heteroatoms. The molecule has 0 atom stereocenters. The average Bonchev–Trinajstić information content (AvgIpc) is 2.59. The summed E-state index contributed by atoms with van der Waals surface area (Å²) in [6.07, 6.45) is 0. The number of hydrogen-bond acceptors (Lipinski definition) is 2. The number of aromatic nitrogens is 1. The summed E-state index contributed by atoms with van der Waals surface area (Å²) in [7, 11) is 0. The minimum Gasteiger partial charge on any atom is -0.477 e. The maximum absolute atomic E-state index is 10.5. The minimum atomic E-state index is -0.925. The summed E-state index contributed by atoms with van der Waals surface area (Å²) < 4.78 is 0. The fourth-order valence-electron chi connectivity index (χ4n) is 1.19. The van der Waals surface area contributed by atoms with E-state index < -0.39 is 5.97 Å². The highest BCUT2D eigenvalue weighted by molar-refractivity contribution is 5.93. The van der Waals surface area contributed by atoms with E-state index in [1.165, 1.54) is 13.8 Å². The van der Waals surface area contributed by atoms with Crippen LogP contribution in [0.15, 0.2) is 30.3 Å². The molecule has 2 N–H and O–H groups in total. The number of benzene rings is 1. The number of aromatic carboxylic acids is 1. The van der Waals surface area contributed by atoms with Crippen LogP contribution in [0.2, 0.25) is 0 Å². The molecule has 0 unspecified atom stereocenters. The van der Waals surface area contributed by atoms with E-state index in [1.54, 1.807) is 6.07 Å². The lowest BCUT2D eigenvalue weighted by molar-refractivity contribution is -0.114. The summed E-state index contributed by atoms with van der Waals surface area (Å²) in [5, 5.41) is 9.58. The molecule has 0 amide bonds. The van der Waals surface area contributed by atoms with Gasteiger partial charge >= 0.3 is 5.97 Å². The van der Waals surface area contributed by atoms with Gasteiger partial charge in [-0.25, -0.2) is 4.79 Å². The molecule has 2 aromatic rings. The molecule has 0 radical (unpaired) electrons. The first-order valence-electron chi connectivity index (χ1n) is 4.79. The van der Waals surface area contributed by atoms with Crippen molar-refractivity contribution in [1.82, 2.24) is 4.98 Å². The van der Waals surface area contributed by atoms with E-state index in [4.69, 9.17) is 5.11 Å². The van der Waals surface area contributed by atoms with Crippen LogP contribution in [0, 0.1) is 0 Å². The summed E-state index contributed by atoms with van der Waals surface area (Å²) in [5.41, 5.74) is 1.09. The molecule has 0 saturated heterocycles. The molecule has 0 bridgehead atoms. The quantitative estimate of drug-likeness (QED) is 0.774. The second-order valence-electron chi connectivity index (χ2n) is 3.48. The first kappa shape index (κ1) is 12.0. The van der Waals surface area contributed by atoms with Crippen molar-refractivity contribution in [2.45, 2.75) is 13.8 Å². The SMILES string of the molecule is CC(C)=O.O=C(O)c1cc2ccccc2[nH]1. The molecule has 1 aromatic carbocycles. The number of nitrogens with one attached hydrogen (secondary N) is 1. The van der Waals surface area contributed by atoms with Crippen LogP contribution in [0.5, 0.6) is 0 Å². The van der Waals surface area contributed by atoms with Gasteiger partial charge in [-0.1, -0.05) is 18.2 Å². The number of para-hydroxylation sites is 1. The topological polar surface area (TPSA) is 70.2 Å². The number of ketones is 1. The number of hydrogen-bond donors (Lipinski definition) is 2. The van der Waals surface area contributed by atoms with Crippen molar-refractivity contribution < 1.29 is 14.7 Å². The highest BCUT2D eigenvalue weighted by Crippen LogP contribution is 2.13. The third-order valence-corrected chi connectivity index (χ3v) is 1.76. The molecule has 0 aliphatic rings. The van der Waals surface area contributed by atoms with Gasteiger partial charge in [0, 0.05) is 10.9 Å². The van der Waals surface area contributed by atoms with Crippen LogP contribution >= 0.6 is 0 Å². The van der Waals surface area contributed by atoms with Crippen LogP contribution in [0.1, 0.15) is 24.3 Å². The van der Waals surface area contributed by atoms with Crippen LogP contribution in [-0.4, -0.2) is 21.8 Å². The van der Waals surface area contributed by atoms with Gasteiger partial charge in [-0.2, -0.15) is 0 Å². The number of rotatable bonds is 1. The van der Waals surface area contributed by atoms with Crippen molar-refractivity contribution in [2.75, 3.05) is 0 Å². The smallest absolute Gasteiger partial charge is 0.352 e. The number of fused-ring (bicyclic) bond motifs is 1. The molecular weight excluding hydrogens is 206 g/mol. The van der Waals surface area contributed by atoms with Crippen molar-refractivity contribution in [1.29, 1.82) is 0 Å². The third-order valence-electron chi connectivity index (χ3n) is 1.76. The molecular formula is C12H13NO3. The maximum Gasteiger partial charge on any atom is 0.352 e. The summed E-state index contributed by atoms with van der Waals surface area (Å²) in [4.78, 5) is 22.8. The average molecular weight is 219 g/mol. The number of aromatic amines is 1. The fourth-order valence-corrected chi connectivity index (χ4v) is 1.19. The standard InChI is InChI=1S/C9H7NO2.C3H6O/c11-9(12)8-5-6-3-1-2-4-7(6)10-8;1-3(2)4/h1-5,10H,(H,11,12);1-2H3. The fraction of sp³-hybridized carbons (Fsp3) is 0.167. The molecule has 2 rings (SSSR count). The Hall–Kier alpha value is -2.10. The summed E-state index contributed by atoms with van der Waals surface area (Å²) in [5.74, 6) is -0.758. The highest BCUT2D eigenvalue weighted by Gasteiger charge is 2.05. The van der Waals surface area contributed by atoms with Crippen LogP contribution < -0.4 is 0 Å². The maximum atomic E-state index is 10.5. The van der Waals surface area contributed by atoms with E-state index in [1.807, 2.05) is 24.3 Å². The minimum absolute atomic E-state index is 0.167. The molecule has 0 aliphatic heterocycles. The van der Waals surface area contributed by atoms with E-state index in [2.05, 4.69) is 4.98 Å². The first-order valence-corrected chi connectivity index (χ1v) is 4.79. The molecule has 1 aromatic heterocycles. The van der Waals surface area contributed by atoms with Gasteiger partial charge in [-0.15, -0.1) is 0 Å². The lowest BCUT2D eigenvalue weighted by Crippen LogP contribution is -1.94. The van der Waals surface area contributed by atoms with Crippen LogP contribution in [-0.2, 0) is 4.79 Å². The number of carboxylic acid groups (broad SMARTS) is 1. The summed E-state index contributed by atoms with van der Waals surface area (Å²) >= 11 is 0. The lowest BCUT2D eigenvalue weighted by atomic mass is 10.2. The lowest BCUT2D eigenvalue weighted by Gasteiger charge is -1.84. The predicted octanol–water partition coefficient (Wildman–Crippen LogP) is 2.46. The van der Waals surface area contributed by atoms with E-state index >= 15 is 0 Å². The molecule has 4 nitrogen and oxygen atoms in total. The molecule has 84 valence electrons. The summed E-state index contributed by atoms with van der Waals surface area (Å²) in [6, 6.07) is 9.09. The number of carbonyl (C=O) groups is 2. The molecule has 0 fully saturated rings. The van der Waals surface area contributed by atoms with Gasteiger partial charge in [-0.3, -0.25) is 0 Å². The van der Waals surface area contributed by atoms with Gasteiger partial charge in [0.2, 0.25) is 0 Å².